The number of hydrogen-bond acceptors (Lipinski definition) is 6. The first-order valence-corrected chi connectivity index (χ1v) is 14.0. The van der Waals surface area contributed by atoms with Gasteiger partial charge in [0.2, 0.25) is 5.91 Å². The normalized spacial score (nSPS) is 19.5. The van der Waals surface area contributed by atoms with Crippen molar-refractivity contribution in [2.45, 2.75) is 43.5 Å². The molecular weight excluding hydrogens is 500 g/mol. The fourth-order valence-corrected chi connectivity index (χ4v) is 6.24. The maximum atomic E-state index is 13.6. The number of nitrogens with one attached hydrogen (secondary N) is 1. The minimum absolute atomic E-state index is 0.0738. The standard InChI is InChI=1S/C30H34N2O5S/c1-3-37-30(36)24(22-10-5-4-6-11-22)16-17-31-26-19-38-27(18-32(28(26)33)20(2)29(34)35)25-15-9-13-21-12-7-8-14-23(21)25/h4-15,20,24,26-27,31H,3,16-19H2,1-2H3,(H,34,35). The fraction of sp³-hybridized carbons (Fsp3) is 0.367. The van der Waals surface area contributed by atoms with Gasteiger partial charge in [-0.15, -0.1) is 11.8 Å². The van der Waals surface area contributed by atoms with Gasteiger partial charge in [0.05, 0.1) is 18.6 Å². The summed E-state index contributed by atoms with van der Waals surface area (Å²) in [7, 11) is 0. The number of aliphatic carboxylic acids is 1. The number of esters is 1. The Balaban J connectivity index is 1.53. The molecule has 3 aromatic rings. The van der Waals surface area contributed by atoms with Crippen LogP contribution in [0.2, 0.25) is 0 Å². The maximum Gasteiger partial charge on any atom is 0.326 e. The lowest BCUT2D eigenvalue weighted by atomic mass is 9.95. The molecule has 38 heavy (non-hydrogen) atoms. The summed E-state index contributed by atoms with van der Waals surface area (Å²) in [4.78, 5) is 39.7. The molecule has 0 aliphatic carbocycles. The third-order valence-corrected chi connectivity index (χ3v) is 8.33. The fourth-order valence-electron chi connectivity index (χ4n) is 4.90. The van der Waals surface area contributed by atoms with Gasteiger partial charge < -0.3 is 20.1 Å². The van der Waals surface area contributed by atoms with E-state index >= 15 is 0 Å². The van der Waals surface area contributed by atoms with E-state index in [1.807, 2.05) is 48.5 Å². The van der Waals surface area contributed by atoms with E-state index in [4.69, 9.17) is 4.74 Å². The van der Waals surface area contributed by atoms with Gasteiger partial charge >= 0.3 is 11.9 Å². The SMILES string of the molecule is CCOC(=O)C(CCNC1CSC(c2cccc3ccccc23)CN(C(C)C(=O)O)C1=O)c1ccccc1. The van der Waals surface area contributed by atoms with Crippen molar-refractivity contribution in [2.24, 2.45) is 0 Å². The number of ether oxygens (including phenoxy) is 1. The number of carbonyl (C=O) groups excluding carboxylic acids is 2. The molecule has 0 spiro atoms. The summed E-state index contributed by atoms with van der Waals surface area (Å²) in [5, 5.41) is 15.2. The second-order valence-electron chi connectivity index (χ2n) is 9.41. The lowest BCUT2D eigenvalue weighted by Crippen LogP contribution is -2.52. The molecule has 1 heterocycles. The predicted octanol–water partition coefficient (Wildman–Crippen LogP) is 4.62. The van der Waals surface area contributed by atoms with Crippen molar-refractivity contribution in [1.29, 1.82) is 0 Å². The number of carboxylic acid groups (broad SMARTS) is 1. The number of hydrogen-bond donors (Lipinski definition) is 2. The number of fused-ring (bicyclic) bond motifs is 1. The molecule has 4 unspecified atom stereocenters. The largest absolute Gasteiger partial charge is 0.480 e. The molecule has 0 aromatic heterocycles. The van der Waals surface area contributed by atoms with Gasteiger partial charge in [-0.2, -0.15) is 0 Å². The monoisotopic (exact) mass is 534 g/mol. The van der Waals surface area contributed by atoms with Crippen LogP contribution in [-0.4, -0.2) is 65.4 Å². The van der Waals surface area contributed by atoms with Crippen LogP contribution in [0.1, 0.15) is 42.6 Å². The Morgan fingerprint density at radius 2 is 1.79 bits per heavy atom. The van der Waals surface area contributed by atoms with Crippen molar-refractivity contribution in [1.82, 2.24) is 10.2 Å². The van der Waals surface area contributed by atoms with Crippen LogP contribution in [0, 0.1) is 0 Å². The van der Waals surface area contributed by atoms with Crippen LogP contribution in [-0.2, 0) is 19.1 Å². The molecule has 4 atom stereocenters. The molecule has 1 amide bonds. The molecule has 0 bridgehead atoms. The summed E-state index contributed by atoms with van der Waals surface area (Å²) in [6, 6.07) is 22.2. The van der Waals surface area contributed by atoms with Crippen molar-refractivity contribution < 1.29 is 24.2 Å². The van der Waals surface area contributed by atoms with E-state index in [9.17, 15) is 19.5 Å². The minimum Gasteiger partial charge on any atom is -0.480 e. The first-order valence-electron chi connectivity index (χ1n) is 13.0. The van der Waals surface area contributed by atoms with Crippen LogP contribution in [0.25, 0.3) is 10.8 Å². The topological polar surface area (TPSA) is 95.9 Å². The summed E-state index contributed by atoms with van der Waals surface area (Å²) in [6.45, 7) is 4.34. The molecule has 1 aliphatic heterocycles. The quantitative estimate of drug-likeness (QED) is 0.366. The zero-order chi connectivity index (χ0) is 27.1. The van der Waals surface area contributed by atoms with Gasteiger partial charge in [-0.3, -0.25) is 9.59 Å². The Labute approximate surface area is 227 Å². The molecular formula is C30H34N2O5S. The lowest BCUT2D eigenvalue weighted by molar-refractivity contribution is -0.150. The Bertz CT molecular complexity index is 1260. The van der Waals surface area contributed by atoms with E-state index in [-0.39, 0.29) is 17.1 Å². The van der Waals surface area contributed by atoms with Crippen molar-refractivity contribution in [3.05, 3.63) is 83.9 Å². The molecule has 200 valence electrons. The molecule has 1 aliphatic rings. The number of benzene rings is 3. The number of carbonyl (C=O) groups is 3. The zero-order valence-corrected chi connectivity index (χ0v) is 22.5. The molecule has 0 radical (unpaired) electrons. The summed E-state index contributed by atoms with van der Waals surface area (Å²) < 4.78 is 5.30. The number of carboxylic acids is 1. The van der Waals surface area contributed by atoms with E-state index in [0.29, 0.717) is 31.9 Å². The first kappa shape index (κ1) is 27.7. The Morgan fingerprint density at radius 1 is 1.08 bits per heavy atom. The molecule has 4 rings (SSSR count). The summed E-state index contributed by atoms with van der Waals surface area (Å²) in [5.41, 5.74) is 1.96. The highest BCUT2D eigenvalue weighted by Crippen LogP contribution is 2.37. The molecule has 7 nitrogen and oxygen atoms in total. The number of thioether (sulfide) groups is 1. The van der Waals surface area contributed by atoms with E-state index in [0.717, 1.165) is 21.9 Å². The van der Waals surface area contributed by atoms with E-state index in [2.05, 4.69) is 29.6 Å². The first-order chi connectivity index (χ1) is 18.4. The van der Waals surface area contributed by atoms with Gasteiger partial charge in [0.1, 0.15) is 6.04 Å². The molecule has 0 saturated carbocycles. The van der Waals surface area contributed by atoms with Crippen LogP contribution in [0.4, 0.5) is 0 Å². The third-order valence-electron chi connectivity index (χ3n) is 7.00. The van der Waals surface area contributed by atoms with Crippen molar-refractivity contribution in [2.75, 3.05) is 25.4 Å². The summed E-state index contributed by atoms with van der Waals surface area (Å²) in [6.07, 6.45) is 0.457. The van der Waals surface area contributed by atoms with Gasteiger partial charge in [0, 0.05) is 17.5 Å². The average Bonchev–Trinajstić information content (AvgIpc) is 3.09. The van der Waals surface area contributed by atoms with Gasteiger partial charge in [-0.05, 0) is 48.7 Å². The van der Waals surface area contributed by atoms with Crippen molar-refractivity contribution in [3.63, 3.8) is 0 Å². The van der Waals surface area contributed by atoms with Gasteiger partial charge in [0.25, 0.3) is 0 Å². The van der Waals surface area contributed by atoms with Gasteiger partial charge in [0.15, 0.2) is 0 Å². The van der Waals surface area contributed by atoms with E-state index in [1.165, 1.54) is 4.90 Å². The van der Waals surface area contributed by atoms with E-state index < -0.39 is 24.0 Å². The van der Waals surface area contributed by atoms with Crippen LogP contribution < -0.4 is 5.32 Å². The van der Waals surface area contributed by atoms with Crippen LogP contribution in [0.5, 0.6) is 0 Å². The average molecular weight is 535 g/mol. The lowest BCUT2D eigenvalue weighted by Gasteiger charge is -2.30. The van der Waals surface area contributed by atoms with Gasteiger partial charge in [-0.25, -0.2) is 4.79 Å². The molecule has 8 heteroatoms. The Hall–Kier alpha value is -3.36. The Morgan fingerprint density at radius 3 is 2.53 bits per heavy atom. The van der Waals surface area contributed by atoms with Gasteiger partial charge in [-0.1, -0.05) is 72.8 Å². The number of nitrogens with zero attached hydrogens (tertiary/aromatic N) is 1. The second-order valence-corrected chi connectivity index (χ2v) is 10.6. The highest BCUT2D eigenvalue weighted by Gasteiger charge is 2.37. The Kier molecular flexibility index (Phi) is 9.42. The zero-order valence-electron chi connectivity index (χ0n) is 21.7. The van der Waals surface area contributed by atoms with Crippen molar-refractivity contribution in [3.8, 4) is 0 Å². The van der Waals surface area contributed by atoms with Crippen LogP contribution in [0.15, 0.2) is 72.8 Å². The van der Waals surface area contributed by atoms with E-state index in [1.54, 1.807) is 25.6 Å². The smallest absolute Gasteiger partial charge is 0.326 e. The number of rotatable bonds is 10. The third kappa shape index (κ3) is 6.37. The predicted molar refractivity (Wildman–Crippen MR) is 150 cm³/mol. The molecule has 2 N–H and O–H groups in total. The minimum atomic E-state index is -1.04. The molecule has 1 fully saturated rings. The van der Waals surface area contributed by atoms with Crippen LogP contribution >= 0.6 is 11.8 Å². The summed E-state index contributed by atoms with van der Waals surface area (Å²) >= 11 is 1.66. The van der Waals surface area contributed by atoms with Crippen LogP contribution in [0.3, 0.4) is 0 Å². The summed E-state index contributed by atoms with van der Waals surface area (Å²) in [5.74, 6) is -1.52. The highest BCUT2D eigenvalue weighted by molar-refractivity contribution is 7.99. The highest BCUT2D eigenvalue weighted by atomic mass is 32.2. The molecule has 3 aromatic carbocycles. The molecule has 1 saturated heterocycles. The number of amides is 1. The maximum absolute atomic E-state index is 13.6. The second kappa shape index (κ2) is 12.9. The van der Waals surface area contributed by atoms with Crippen molar-refractivity contribution >= 4 is 40.4 Å².